The second-order valence-electron chi connectivity index (χ2n) is 5.64. The second-order valence-corrected chi connectivity index (χ2v) is 7.31. The predicted molar refractivity (Wildman–Crippen MR) is 98.3 cm³/mol. The number of hydrogen-bond acceptors (Lipinski definition) is 5. The van der Waals surface area contributed by atoms with Gasteiger partial charge in [0, 0.05) is 36.3 Å². The number of aromatic nitrogens is 2. The first-order valence-corrected chi connectivity index (χ1v) is 9.64. The zero-order chi connectivity index (χ0) is 16.8. The summed E-state index contributed by atoms with van der Waals surface area (Å²) in [6.45, 7) is 1.98. The molecule has 4 nitrogen and oxygen atoms in total. The van der Waals surface area contributed by atoms with Crippen molar-refractivity contribution in [3.8, 4) is 0 Å². The number of nitrogens with one attached hydrogen (secondary N) is 1. The van der Waals surface area contributed by atoms with E-state index in [0.29, 0.717) is 12.8 Å². The average molecular weight is 358 g/mol. The molecule has 124 valence electrons. The van der Waals surface area contributed by atoms with Gasteiger partial charge >= 0.3 is 0 Å². The standard InChI is InChI=1S/C18H19N3OS2/c1-13-11-24-18(20-13)16(9-15-6-8-23-12-15)21-17(22)5-4-14-3-2-7-19-10-14/h2-3,6-8,10-12,16H,4-5,9H2,1H3,(H,21,22)/t16-/m0/s1. The molecule has 0 spiro atoms. The maximum atomic E-state index is 12.4. The van der Waals surface area contributed by atoms with Crippen LogP contribution in [-0.2, 0) is 17.6 Å². The first-order chi connectivity index (χ1) is 11.7. The van der Waals surface area contributed by atoms with E-state index in [0.717, 1.165) is 22.7 Å². The van der Waals surface area contributed by atoms with Gasteiger partial charge in [0.1, 0.15) is 5.01 Å². The van der Waals surface area contributed by atoms with Gasteiger partial charge in [0.2, 0.25) is 5.91 Å². The van der Waals surface area contributed by atoms with Gasteiger partial charge in [-0.3, -0.25) is 9.78 Å². The SMILES string of the molecule is Cc1csc([C@H](Cc2ccsc2)NC(=O)CCc2cccnc2)n1. The maximum Gasteiger partial charge on any atom is 0.220 e. The van der Waals surface area contributed by atoms with Gasteiger partial charge in [0.25, 0.3) is 0 Å². The maximum absolute atomic E-state index is 12.4. The van der Waals surface area contributed by atoms with Gasteiger partial charge in [0.15, 0.2) is 0 Å². The number of rotatable bonds is 7. The van der Waals surface area contributed by atoms with Crippen LogP contribution in [-0.4, -0.2) is 15.9 Å². The van der Waals surface area contributed by atoms with Gasteiger partial charge in [-0.05, 0) is 47.4 Å². The molecule has 6 heteroatoms. The van der Waals surface area contributed by atoms with Gasteiger partial charge in [-0.25, -0.2) is 4.98 Å². The van der Waals surface area contributed by atoms with Crippen molar-refractivity contribution in [2.45, 2.75) is 32.2 Å². The van der Waals surface area contributed by atoms with Crippen molar-refractivity contribution >= 4 is 28.6 Å². The molecule has 0 aliphatic carbocycles. The number of carbonyl (C=O) groups is 1. The van der Waals surface area contributed by atoms with Crippen LogP contribution in [0, 0.1) is 6.92 Å². The number of hydrogen-bond donors (Lipinski definition) is 1. The molecule has 1 N–H and O–H groups in total. The normalized spacial score (nSPS) is 12.0. The summed E-state index contributed by atoms with van der Waals surface area (Å²) in [5.74, 6) is 0.0481. The van der Waals surface area contributed by atoms with E-state index in [1.165, 1.54) is 5.56 Å². The van der Waals surface area contributed by atoms with E-state index in [4.69, 9.17) is 0 Å². The molecular formula is C18H19N3OS2. The molecule has 0 aliphatic heterocycles. The highest BCUT2D eigenvalue weighted by atomic mass is 32.1. The van der Waals surface area contributed by atoms with Gasteiger partial charge in [-0.15, -0.1) is 11.3 Å². The van der Waals surface area contributed by atoms with Crippen molar-refractivity contribution in [1.82, 2.24) is 15.3 Å². The third kappa shape index (κ3) is 4.72. The molecule has 0 saturated heterocycles. The lowest BCUT2D eigenvalue weighted by molar-refractivity contribution is -0.121. The molecule has 3 heterocycles. The minimum absolute atomic E-state index is 0.0481. The first-order valence-electron chi connectivity index (χ1n) is 7.82. The Bertz CT molecular complexity index is 769. The lowest BCUT2D eigenvalue weighted by Crippen LogP contribution is -2.30. The molecule has 0 aliphatic rings. The Morgan fingerprint density at radius 1 is 1.29 bits per heavy atom. The summed E-state index contributed by atoms with van der Waals surface area (Å²) >= 11 is 3.28. The number of thiazole rings is 1. The van der Waals surface area contributed by atoms with Crippen LogP contribution in [0.5, 0.6) is 0 Å². The molecule has 24 heavy (non-hydrogen) atoms. The second kappa shape index (κ2) is 8.17. The fourth-order valence-corrected chi connectivity index (χ4v) is 3.98. The van der Waals surface area contributed by atoms with E-state index >= 15 is 0 Å². The molecule has 0 radical (unpaired) electrons. The first kappa shape index (κ1) is 16.8. The Balaban J connectivity index is 1.63. The van der Waals surface area contributed by atoms with Crippen LogP contribution in [0.4, 0.5) is 0 Å². The highest BCUT2D eigenvalue weighted by Crippen LogP contribution is 2.23. The minimum atomic E-state index is -0.0697. The van der Waals surface area contributed by atoms with Crippen molar-refractivity contribution in [1.29, 1.82) is 0 Å². The summed E-state index contributed by atoms with van der Waals surface area (Å²) in [5, 5.41) is 10.3. The fourth-order valence-electron chi connectivity index (χ4n) is 2.45. The Hall–Kier alpha value is -2.05. The largest absolute Gasteiger partial charge is 0.347 e. The number of thiophene rings is 1. The number of pyridine rings is 1. The summed E-state index contributed by atoms with van der Waals surface area (Å²) in [5.41, 5.74) is 3.30. The van der Waals surface area contributed by atoms with Crippen molar-refractivity contribution in [3.05, 3.63) is 68.6 Å². The topological polar surface area (TPSA) is 54.9 Å². The number of aryl methyl sites for hydroxylation is 2. The van der Waals surface area contributed by atoms with Crippen LogP contribution in [0.25, 0.3) is 0 Å². The van der Waals surface area contributed by atoms with E-state index in [1.54, 1.807) is 35.1 Å². The van der Waals surface area contributed by atoms with Gasteiger partial charge in [0.05, 0.1) is 6.04 Å². The van der Waals surface area contributed by atoms with E-state index in [2.05, 4.69) is 32.1 Å². The van der Waals surface area contributed by atoms with Crippen molar-refractivity contribution in [3.63, 3.8) is 0 Å². The molecule has 1 amide bonds. The van der Waals surface area contributed by atoms with Crippen LogP contribution in [0.15, 0.2) is 46.7 Å². The summed E-state index contributed by atoms with van der Waals surface area (Å²) in [6.07, 6.45) is 5.47. The van der Waals surface area contributed by atoms with Crippen LogP contribution in [0.3, 0.4) is 0 Å². The monoisotopic (exact) mass is 357 g/mol. The Morgan fingerprint density at radius 2 is 2.21 bits per heavy atom. The fraction of sp³-hybridized carbons (Fsp3) is 0.278. The third-order valence-corrected chi connectivity index (χ3v) is 5.46. The smallest absolute Gasteiger partial charge is 0.220 e. The summed E-state index contributed by atoms with van der Waals surface area (Å²) < 4.78 is 0. The van der Waals surface area contributed by atoms with E-state index < -0.39 is 0 Å². The highest BCUT2D eigenvalue weighted by molar-refractivity contribution is 7.09. The van der Waals surface area contributed by atoms with Gasteiger partial charge in [-0.2, -0.15) is 11.3 Å². The molecular weight excluding hydrogens is 338 g/mol. The number of amides is 1. The summed E-state index contributed by atoms with van der Waals surface area (Å²) in [4.78, 5) is 21.0. The van der Waals surface area contributed by atoms with Crippen molar-refractivity contribution < 1.29 is 4.79 Å². The quantitative estimate of drug-likeness (QED) is 0.697. The third-order valence-electron chi connectivity index (χ3n) is 3.65. The molecule has 3 rings (SSSR count). The van der Waals surface area contributed by atoms with Crippen LogP contribution < -0.4 is 5.32 Å². The number of carbonyl (C=O) groups excluding carboxylic acids is 1. The van der Waals surface area contributed by atoms with E-state index in [-0.39, 0.29) is 11.9 Å². The lowest BCUT2D eigenvalue weighted by atomic mass is 10.1. The molecule has 0 unspecified atom stereocenters. The zero-order valence-corrected chi connectivity index (χ0v) is 15.1. The molecule has 0 saturated carbocycles. The Kier molecular flexibility index (Phi) is 5.72. The van der Waals surface area contributed by atoms with Gasteiger partial charge < -0.3 is 5.32 Å². The number of nitrogens with zero attached hydrogens (tertiary/aromatic N) is 2. The van der Waals surface area contributed by atoms with Crippen molar-refractivity contribution in [2.24, 2.45) is 0 Å². The lowest BCUT2D eigenvalue weighted by Gasteiger charge is -2.16. The molecule has 1 atom stereocenters. The van der Waals surface area contributed by atoms with E-state index in [1.807, 2.05) is 24.4 Å². The molecule has 0 fully saturated rings. The molecule has 3 aromatic rings. The van der Waals surface area contributed by atoms with Crippen LogP contribution in [0.2, 0.25) is 0 Å². The van der Waals surface area contributed by atoms with Gasteiger partial charge in [-0.1, -0.05) is 6.07 Å². The summed E-state index contributed by atoms with van der Waals surface area (Å²) in [7, 11) is 0. The predicted octanol–water partition coefficient (Wildman–Crippen LogP) is 3.94. The van der Waals surface area contributed by atoms with Crippen LogP contribution in [0.1, 0.15) is 34.3 Å². The average Bonchev–Trinajstić information content (AvgIpc) is 3.25. The minimum Gasteiger partial charge on any atom is -0.347 e. The van der Waals surface area contributed by atoms with Crippen LogP contribution >= 0.6 is 22.7 Å². The Labute approximate surface area is 149 Å². The van der Waals surface area contributed by atoms with E-state index in [9.17, 15) is 4.79 Å². The Morgan fingerprint density at radius 3 is 2.88 bits per heavy atom. The zero-order valence-electron chi connectivity index (χ0n) is 13.4. The summed E-state index contributed by atoms with van der Waals surface area (Å²) in [6, 6.07) is 5.91. The molecule has 0 aromatic carbocycles. The molecule has 0 bridgehead atoms. The molecule has 3 aromatic heterocycles. The van der Waals surface area contributed by atoms with Crippen molar-refractivity contribution in [2.75, 3.05) is 0 Å². The highest BCUT2D eigenvalue weighted by Gasteiger charge is 2.18.